The van der Waals surface area contributed by atoms with Crippen LogP contribution in [0.4, 0.5) is 0 Å². The summed E-state index contributed by atoms with van der Waals surface area (Å²) in [6.45, 7) is 6.65. The molecule has 0 spiro atoms. The summed E-state index contributed by atoms with van der Waals surface area (Å²) in [6, 6.07) is 0. The van der Waals surface area contributed by atoms with E-state index in [0.29, 0.717) is 10.8 Å². The number of hydrogen-bond acceptors (Lipinski definition) is 1. The van der Waals surface area contributed by atoms with Crippen molar-refractivity contribution in [1.29, 1.82) is 0 Å². The van der Waals surface area contributed by atoms with Crippen molar-refractivity contribution in [2.75, 3.05) is 13.6 Å². The Morgan fingerprint density at radius 2 is 1.78 bits per heavy atom. The topological polar surface area (TPSA) is 12.0 Å². The molecule has 4 aliphatic carbocycles. The highest BCUT2D eigenvalue weighted by Crippen LogP contribution is 2.70. The normalized spacial score (nSPS) is 52.0. The molecular formula is C22H39N. The number of fused-ring (bicyclic) bond motifs is 5. The zero-order valence-electron chi connectivity index (χ0n) is 15.9. The highest BCUT2D eigenvalue weighted by Gasteiger charge is 2.62. The summed E-state index contributed by atoms with van der Waals surface area (Å²) in [5.74, 6) is 5.34. The standard InChI is InChI=1S/C22H39N/c1-21-13-5-4-7-16(21)9-11-18-19-12-10-17(8-6-14-23-3)22(19,2)15-20(18)21/h16-20,23H,4-15H2,1-3H3. The molecule has 1 heteroatoms. The van der Waals surface area contributed by atoms with Gasteiger partial charge in [0, 0.05) is 0 Å². The van der Waals surface area contributed by atoms with Gasteiger partial charge in [0.2, 0.25) is 0 Å². The van der Waals surface area contributed by atoms with Crippen molar-refractivity contribution < 1.29 is 0 Å². The number of nitrogens with one attached hydrogen (secondary N) is 1. The first kappa shape index (κ1) is 16.4. The molecule has 0 radical (unpaired) electrons. The molecule has 0 bridgehead atoms. The zero-order chi connectivity index (χ0) is 16.1. The Morgan fingerprint density at radius 1 is 0.913 bits per heavy atom. The molecule has 0 aliphatic heterocycles. The molecule has 132 valence electrons. The van der Waals surface area contributed by atoms with E-state index in [1.807, 2.05) is 0 Å². The van der Waals surface area contributed by atoms with Gasteiger partial charge in [0.05, 0.1) is 0 Å². The van der Waals surface area contributed by atoms with Crippen LogP contribution in [-0.4, -0.2) is 13.6 Å². The SMILES string of the molecule is CNCCCC1CCC2C3CCC4CCCCC4(C)C3CC12C. The summed E-state index contributed by atoms with van der Waals surface area (Å²) < 4.78 is 0. The van der Waals surface area contributed by atoms with Crippen LogP contribution in [0.5, 0.6) is 0 Å². The second-order valence-electron chi connectivity index (χ2n) is 10.1. The van der Waals surface area contributed by atoms with Gasteiger partial charge in [0.1, 0.15) is 0 Å². The van der Waals surface area contributed by atoms with Gasteiger partial charge in [0.15, 0.2) is 0 Å². The van der Waals surface area contributed by atoms with Crippen molar-refractivity contribution in [1.82, 2.24) is 5.32 Å². The van der Waals surface area contributed by atoms with E-state index in [1.165, 1.54) is 38.6 Å². The fourth-order valence-corrected chi connectivity index (χ4v) is 8.18. The van der Waals surface area contributed by atoms with Gasteiger partial charge in [-0.05, 0) is 112 Å². The molecule has 0 aromatic rings. The molecule has 4 aliphatic rings. The van der Waals surface area contributed by atoms with Crippen LogP contribution in [0.15, 0.2) is 0 Å². The average molecular weight is 318 g/mol. The number of hydrogen-bond donors (Lipinski definition) is 1. The Balaban J connectivity index is 1.53. The fraction of sp³-hybridized carbons (Fsp3) is 1.00. The predicted octanol–water partition coefficient (Wildman–Crippen LogP) is 5.64. The van der Waals surface area contributed by atoms with Gasteiger partial charge in [-0.2, -0.15) is 0 Å². The predicted molar refractivity (Wildman–Crippen MR) is 98.4 cm³/mol. The van der Waals surface area contributed by atoms with Crippen LogP contribution < -0.4 is 5.32 Å². The molecule has 7 atom stereocenters. The molecule has 1 nitrogen and oxygen atoms in total. The van der Waals surface area contributed by atoms with Crippen LogP contribution in [0.2, 0.25) is 0 Å². The first-order chi connectivity index (χ1) is 11.1. The van der Waals surface area contributed by atoms with Gasteiger partial charge in [-0.1, -0.05) is 26.7 Å². The van der Waals surface area contributed by atoms with E-state index < -0.39 is 0 Å². The molecule has 23 heavy (non-hydrogen) atoms. The van der Waals surface area contributed by atoms with Crippen molar-refractivity contribution >= 4 is 0 Å². The van der Waals surface area contributed by atoms with Gasteiger partial charge < -0.3 is 5.32 Å². The maximum Gasteiger partial charge on any atom is -0.00518 e. The molecule has 0 aromatic heterocycles. The second-order valence-corrected chi connectivity index (χ2v) is 10.1. The Bertz CT molecular complexity index is 432. The Morgan fingerprint density at radius 3 is 2.61 bits per heavy atom. The highest BCUT2D eigenvalue weighted by atomic mass is 14.8. The summed E-state index contributed by atoms with van der Waals surface area (Å²) in [5.41, 5.74) is 1.41. The Kier molecular flexibility index (Phi) is 4.32. The lowest BCUT2D eigenvalue weighted by atomic mass is 9.52. The van der Waals surface area contributed by atoms with E-state index in [0.717, 1.165) is 29.6 Å². The van der Waals surface area contributed by atoms with Crippen LogP contribution >= 0.6 is 0 Å². The fourth-order valence-electron chi connectivity index (χ4n) is 8.18. The maximum absolute atomic E-state index is 3.36. The highest BCUT2D eigenvalue weighted by molar-refractivity contribution is 5.11. The average Bonchev–Trinajstić information content (AvgIpc) is 3.01. The molecule has 0 saturated heterocycles. The van der Waals surface area contributed by atoms with Crippen molar-refractivity contribution in [3.63, 3.8) is 0 Å². The smallest absolute Gasteiger partial charge is 0.00518 e. The molecule has 0 aromatic carbocycles. The minimum Gasteiger partial charge on any atom is -0.320 e. The van der Waals surface area contributed by atoms with E-state index >= 15 is 0 Å². The van der Waals surface area contributed by atoms with Crippen LogP contribution in [0, 0.1) is 40.4 Å². The van der Waals surface area contributed by atoms with Crippen LogP contribution in [-0.2, 0) is 0 Å². The lowest BCUT2D eigenvalue weighted by Gasteiger charge is -2.53. The maximum atomic E-state index is 3.36. The monoisotopic (exact) mass is 317 g/mol. The van der Waals surface area contributed by atoms with Crippen molar-refractivity contribution in [3.8, 4) is 0 Å². The molecule has 4 rings (SSSR count). The van der Waals surface area contributed by atoms with E-state index in [1.54, 1.807) is 38.5 Å². The summed E-state index contributed by atoms with van der Waals surface area (Å²) in [5, 5.41) is 3.36. The van der Waals surface area contributed by atoms with E-state index in [-0.39, 0.29) is 0 Å². The zero-order valence-corrected chi connectivity index (χ0v) is 15.9. The van der Waals surface area contributed by atoms with E-state index in [4.69, 9.17) is 0 Å². The third-order valence-corrected chi connectivity index (χ3v) is 9.42. The molecule has 4 saturated carbocycles. The van der Waals surface area contributed by atoms with E-state index in [9.17, 15) is 0 Å². The molecular weight excluding hydrogens is 278 g/mol. The van der Waals surface area contributed by atoms with Gasteiger partial charge in [-0.15, -0.1) is 0 Å². The van der Waals surface area contributed by atoms with Crippen LogP contribution in [0.1, 0.15) is 84.5 Å². The van der Waals surface area contributed by atoms with Crippen LogP contribution in [0.3, 0.4) is 0 Å². The number of rotatable bonds is 4. The molecule has 0 amide bonds. The van der Waals surface area contributed by atoms with Crippen LogP contribution in [0.25, 0.3) is 0 Å². The lowest BCUT2D eigenvalue weighted by Crippen LogP contribution is -2.44. The summed E-state index contributed by atoms with van der Waals surface area (Å²) in [4.78, 5) is 0. The summed E-state index contributed by atoms with van der Waals surface area (Å²) in [6.07, 6.45) is 16.8. The Labute approximate surface area is 144 Å². The van der Waals surface area contributed by atoms with Crippen molar-refractivity contribution in [3.05, 3.63) is 0 Å². The second kappa shape index (κ2) is 6.04. The largest absolute Gasteiger partial charge is 0.320 e. The lowest BCUT2D eigenvalue weighted by molar-refractivity contribution is -0.0307. The van der Waals surface area contributed by atoms with Gasteiger partial charge in [-0.3, -0.25) is 0 Å². The van der Waals surface area contributed by atoms with Gasteiger partial charge in [0.25, 0.3) is 0 Å². The van der Waals surface area contributed by atoms with Crippen molar-refractivity contribution in [2.45, 2.75) is 84.5 Å². The summed E-state index contributed by atoms with van der Waals surface area (Å²) in [7, 11) is 2.10. The molecule has 0 heterocycles. The third kappa shape index (κ3) is 2.43. The Hall–Kier alpha value is -0.0400. The minimum atomic E-state index is 0.693. The van der Waals surface area contributed by atoms with Gasteiger partial charge >= 0.3 is 0 Å². The summed E-state index contributed by atoms with van der Waals surface area (Å²) >= 11 is 0. The van der Waals surface area contributed by atoms with Gasteiger partial charge in [-0.25, -0.2) is 0 Å². The first-order valence-electron chi connectivity index (χ1n) is 10.7. The minimum absolute atomic E-state index is 0.693. The van der Waals surface area contributed by atoms with Crippen molar-refractivity contribution in [2.24, 2.45) is 40.4 Å². The third-order valence-electron chi connectivity index (χ3n) is 9.42. The quantitative estimate of drug-likeness (QED) is 0.661. The molecule has 1 N–H and O–H groups in total. The first-order valence-corrected chi connectivity index (χ1v) is 10.7. The molecule has 7 unspecified atom stereocenters. The molecule has 4 fully saturated rings. The van der Waals surface area contributed by atoms with E-state index in [2.05, 4.69) is 26.2 Å².